The normalized spacial score (nSPS) is 10.3. The van der Waals surface area contributed by atoms with Crippen molar-refractivity contribution in [2.24, 2.45) is 7.05 Å². The molecule has 0 fully saturated rings. The maximum atomic E-state index is 5.59. The highest BCUT2D eigenvalue weighted by molar-refractivity contribution is 6.17. The summed E-state index contributed by atoms with van der Waals surface area (Å²) < 4.78 is 6.72. The lowest BCUT2D eigenvalue weighted by atomic mass is 10.4. The molecule has 0 amide bonds. The Morgan fingerprint density at radius 3 is 2.53 bits per heavy atom. The van der Waals surface area contributed by atoms with Crippen LogP contribution in [0, 0.1) is 0 Å². The molecular weight excluding hydrogens is 218 g/mol. The number of nitrogens with zero attached hydrogens (tertiary/aromatic N) is 5. The van der Waals surface area contributed by atoms with Crippen LogP contribution >= 0.6 is 11.6 Å². The Morgan fingerprint density at radius 1 is 1.27 bits per heavy atom. The van der Waals surface area contributed by atoms with E-state index in [1.165, 1.54) is 11.0 Å². The molecule has 0 radical (unpaired) electrons. The van der Waals surface area contributed by atoms with E-state index in [4.69, 9.17) is 16.3 Å². The highest BCUT2D eigenvalue weighted by Crippen LogP contribution is 2.11. The van der Waals surface area contributed by atoms with Crippen molar-refractivity contribution in [1.29, 1.82) is 0 Å². The molecule has 2 aromatic heterocycles. The minimum absolute atomic E-state index is 0.204. The average Bonchev–Trinajstić information content (AvgIpc) is 2.65. The van der Waals surface area contributed by atoms with Crippen LogP contribution in [-0.2, 0) is 12.9 Å². The second-order valence-electron chi connectivity index (χ2n) is 2.81. The van der Waals surface area contributed by atoms with Crippen molar-refractivity contribution >= 4 is 11.6 Å². The Balaban J connectivity index is 2.11. The van der Waals surface area contributed by atoms with E-state index in [1.54, 1.807) is 19.4 Å². The van der Waals surface area contributed by atoms with E-state index in [0.29, 0.717) is 5.88 Å². The molecule has 0 aliphatic carbocycles. The minimum atomic E-state index is 0.204. The summed E-state index contributed by atoms with van der Waals surface area (Å²) in [5.74, 6) is 0.377. The molecule has 0 N–H and O–H groups in total. The Hall–Kier alpha value is -1.69. The summed E-state index contributed by atoms with van der Waals surface area (Å²) >= 11 is 5.59. The first-order chi connectivity index (χ1) is 7.28. The zero-order valence-corrected chi connectivity index (χ0v) is 8.72. The molecule has 6 nitrogen and oxygen atoms in total. The predicted molar refractivity (Wildman–Crippen MR) is 52.7 cm³/mol. The zero-order chi connectivity index (χ0) is 10.7. The predicted octanol–water partition coefficient (Wildman–Crippen LogP) is 1.14. The molecule has 0 unspecified atom stereocenters. The first-order valence-corrected chi connectivity index (χ1v) is 4.72. The Bertz CT molecular complexity index is 441. The summed E-state index contributed by atoms with van der Waals surface area (Å²) in [5, 5.41) is 3.93. The second kappa shape index (κ2) is 4.22. The van der Waals surface area contributed by atoms with E-state index in [-0.39, 0.29) is 12.0 Å². The van der Waals surface area contributed by atoms with Crippen LogP contribution in [0.2, 0.25) is 0 Å². The van der Waals surface area contributed by atoms with Crippen LogP contribution in [0.4, 0.5) is 0 Å². The molecule has 0 aliphatic heterocycles. The quantitative estimate of drug-likeness (QED) is 0.733. The number of alkyl halides is 1. The summed E-state index contributed by atoms with van der Waals surface area (Å²) in [6.07, 6.45) is 4.72. The number of aromatic nitrogens is 5. The van der Waals surface area contributed by atoms with Gasteiger partial charge >= 0.3 is 12.0 Å². The SMILES string of the molecule is Cn1cnc(Oc2ncc(CCl)cn2)n1. The fraction of sp³-hybridized carbons (Fsp3) is 0.250. The van der Waals surface area contributed by atoms with Gasteiger partial charge in [0.25, 0.3) is 0 Å². The van der Waals surface area contributed by atoms with Gasteiger partial charge in [0.2, 0.25) is 0 Å². The van der Waals surface area contributed by atoms with Gasteiger partial charge in [-0.15, -0.1) is 16.7 Å². The van der Waals surface area contributed by atoms with Gasteiger partial charge in [0.05, 0.1) is 5.88 Å². The maximum absolute atomic E-state index is 5.59. The monoisotopic (exact) mass is 225 g/mol. The first-order valence-electron chi connectivity index (χ1n) is 4.18. The third-order valence-corrected chi connectivity index (χ3v) is 1.91. The number of halogens is 1. The number of aryl methyl sites for hydroxylation is 1. The van der Waals surface area contributed by atoms with E-state index < -0.39 is 0 Å². The maximum Gasteiger partial charge on any atom is 0.343 e. The number of ether oxygens (including phenoxy) is 1. The van der Waals surface area contributed by atoms with Crippen molar-refractivity contribution in [2.45, 2.75) is 5.88 Å². The zero-order valence-electron chi connectivity index (χ0n) is 7.96. The largest absolute Gasteiger partial charge is 0.387 e. The van der Waals surface area contributed by atoms with E-state index in [0.717, 1.165) is 5.56 Å². The fourth-order valence-electron chi connectivity index (χ4n) is 0.913. The van der Waals surface area contributed by atoms with E-state index >= 15 is 0 Å². The second-order valence-corrected chi connectivity index (χ2v) is 3.08. The lowest BCUT2D eigenvalue weighted by Crippen LogP contribution is -1.95. The molecule has 0 saturated carbocycles. The highest BCUT2D eigenvalue weighted by Gasteiger charge is 2.04. The van der Waals surface area contributed by atoms with Crippen LogP contribution in [0.5, 0.6) is 12.0 Å². The molecule has 0 aromatic carbocycles. The summed E-state index contributed by atoms with van der Waals surface area (Å²) in [6, 6.07) is 0.422. The third kappa shape index (κ3) is 2.41. The number of hydrogen-bond donors (Lipinski definition) is 0. The lowest BCUT2D eigenvalue weighted by molar-refractivity contribution is 0.404. The Labute approximate surface area is 90.9 Å². The molecule has 0 saturated heterocycles. The molecule has 0 bridgehead atoms. The van der Waals surface area contributed by atoms with Gasteiger partial charge in [-0.1, -0.05) is 0 Å². The van der Waals surface area contributed by atoms with Crippen LogP contribution < -0.4 is 4.74 Å². The molecule has 2 rings (SSSR count). The van der Waals surface area contributed by atoms with Crippen LogP contribution in [0.3, 0.4) is 0 Å². The molecule has 78 valence electrons. The van der Waals surface area contributed by atoms with Gasteiger partial charge < -0.3 is 4.74 Å². The van der Waals surface area contributed by atoms with Crippen molar-refractivity contribution in [2.75, 3.05) is 0 Å². The topological polar surface area (TPSA) is 65.7 Å². The Kier molecular flexibility index (Phi) is 2.77. The van der Waals surface area contributed by atoms with Crippen molar-refractivity contribution in [3.8, 4) is 12.0 Å². The molecular formula is C8H8ClN5O. The molecule has 0 spiro atoms. The van der Waals surface area contributed by atoms with E-state index in [1.807, 2.05) is 0 Å². The van der Waals surface area contributed by atoms with E-state index in [2.05, 4.69) is 20.1 Å². The van der Waals surface area contributed by atoms with Gasteiger partial charge in [-0.25, -0.2) is 9.97 Å². The molecule has 2 aromatic rings. The van der Waals surface area contributed by atoms with Gasteiger partial charge in [0.1, 0.15) is 6.33 Å². The van der Waals surface area contributed by atoms with Gasteiger partial charge in [-0.2, -0.15) is 4.98 Å². The van der Waals surface area contributed by atoms with Crippen molar-refractivity contribution in [3.63, 3.8) is 0 Å². The highest BCUT2D eigenvalue weighted by atomic mass is 35.5. The third-order valence-electron chi connectivity index (χ3n) is 1.60. The van der Waals surface area contributed by atoms with Crippen molar-refractivity contribution < 1.29 is 4.74 Å². The van der Waals surface area contributed by atoms with Crippen molar-refractivity contribution in [3.05, 3.63) is 24.3 Å². The van der Waals surface area contributed by atoms with E-state index in [9.17, 15) is 0 Å². The van der Waals surface area contributed by atoms with Gasteiger partial charge in [-0.05, 0) is 0 Å². The summed E-state index contributed by atoms with van der Waals surface area (Å²) in [5.41, 5.74) is 0.831. The van der Waals surface area contributed by atoms with Gasteiger partial charge in [-0.3, -0.25) is 4.68 Å². The number of rotatable bonds is 3. The molecule has 0 aliphatic rings. The van der Waals surface area contributed by atoms with Crippen LogP contribution in [-0.4, -0.2) is 24.7 Å². The molecule has 0 atom stereocenters. The van der Waals surface area contributed by atoms with Crippen LogP contribution in [0.15, 0.2) is 18.7 Å². The number of hydrogen-bond acceptors (Lipinski definition) is 5. The standard InChI is InChI=1S/C8H8ClN5O/c1-14-5-12-8(13-14)15-7-10-3-6(2-9)4-11-7/h3-5H,2H2,1H3. The summed E-state index contributed by atoms with van der Waals surface area (Å²) in [6.45, 7) is 0. The summed E-state index contributed by atoms with van der Waals surface area (Å²) in [7, 11) is 1.75. The summed E-state index contributed by atoms with van der Waals surface area (Å²) in [4.78, 5) is 11.8. The van der Waals surface area contributed by atoms with Gasteiger partial charge in [0, 0.05) is 25.0 Å². The fourth-order valence-corrected chi connectivity index (χ4v) is 1.05. The van der Waals surface area contributed by atoms with Gasteiger partial charge in [0.15, 0.2) is 0 Å². The minimum Gasteiger partial charge on any atom is -0.387 e. The molecule has 2 heterocycles. The molecule has 15 heavy (non-hydrogen) atoms. The van der Waals surface area contributed by atoms with Crippen molar-refractivity contribution in [1.82, 2.24) is 24.7 Å². The lowest BCUT2D eigenvalue weighted by Gasteiger charge is -1.98. The average molecular weight is 226 g/mol. The smallest absolute Gasteiger partial charge is 0.343 e. The first kappa shape index (κ1) is 9.85. The van der Waals surface area contributed by atoms with Crippen LogP contribution in [0.25, 0.3) is 0 Å². The molecule has 7 heteroatoms. The Morgan fingerprint density at radius 2 is 2.00 bits per heavy atom. The van der Waals surface area contributed by atoms with Crippen LogP contribution in [0.1, 0.15) is 5.56 Å².